The summed E-state index contributed by atoms with van der Waals surface area (Å²) in [5, 5.41) is 11.5. The second-order valence-electron chi connectivity index (χ2n) is 6.15. The number of hydrogen-bond acceptors (Lipinski definition) is 5. The minimum Gasteiger partial charge on any atom is -0.465 e. The average Bonchev–Trinajstić information content (AvgIpc) is 3.09. The van der Waals surface area contributed by atoms with E-state index in [0.717, 1.165) is 59.4 Å². The van der Waals surface area contributed by atoms with E-state index < -0.39 is 4.92 Å². The molecule has 1 aliphatic rings. The minimum absolute atomic E-state index is 0.315. The first-order chi connectivity index (χ1) is 11.9. The molecule has 0 amide bonds. The lowest BCUT2D eigenvalue weighted by atomic mass is 9.95. The molecule has 2 aromatic rings. The summed E-state index contributed by atoms with van der Waals surface area (Å²) in [4.78, 5) is 23.8. The van der Waals surface area contributed by atoms with Crippen LogP contribution in [0.2, 0.25) is 0 Å². The molecule has 0 aromatic carbocycles. The quantitative estimate of drug-likeness (QED) is 0.468. The highest BCUT2D eigenvalue weighted by Gasteiger charge is 2.28. The Kier molecular flexibility index (Phi) is 4.76. The van der Waals surface area contributed by atoms with Crippen molar-refractivity contribution < 1.29 is 14.5 Å². The predicted molar refractivity (Wildman–Crippen MR) is 97.1 cm³/mol. The lowest BCUT2D eigenvalue weighted by Crippen LogP contribution is -2.11. The fourth-order valence-electron chi connectivity index (χ4n) is 3.43. The van der Waals surface area contributed by atoms with Crippen molar-refractivity contribution in [3.8, 4) is 5.00 Å². The zero-order valence-electron chi connectivity index (χ0n) is 14.5. The number of nitro groups is 1. The number of hydrogen-bond donors (Lipinski definition) is 0. The Hall–Kier alpha value is -2.41. The van der Waals surface area contributed by atoms with E-state index in [-0.39, 0.29) is 5.97 Å². The first-order valence-corrected chi connectivity index (χ1v) is 8.99. The molecule has 0 radical (unpaired) electrons. The number of nitrogens with zero attached hydrogens (tertiary/aromatic N) is 2. The molecule has 1 aliphatic carbocycles. The zero-order chi connectivity index (χ0) is 18.1. The van der Waals surface area contributed by atoms with E-state index in [1.54, 1.807) is 11.3 Å². The van der Waals surface area contributed by atoms with E-state index in [2.05, 4.69) is 0 Å². The number of rotatable bonds is 4. The van der Waals surface area contributed by atoms with E-state index in [1.807, 2.05) is 24.5 Å². The lowest BCUT2D eigenvalue weighted by Gasteiger charge is -2.12. The highest BCUT2D eigenvalue weighted by molar-refractivity contribution is 7.15. The van der Waals surface area contributed by atoms with Gasteiger partial charge in [0.25, 0.3) is 0 Å². The maximum atomic E-state index is 12.5. The number of fused-ring (bicyclic) bond motifs is 1. The highest BCUT2D eigenvalue weighted by atomic mass is 32.1. The van der Waals surface area contributed by atoms with E-state index in [9.17, 15) is 14.9 Å². The SMILES string of the molecule is COC(=O)c1c(-n2c(C)cc(/C=C/[N+](=O)[O-])c2C)sc2c1CCCC2. The van der Waals surface area contributed by atoms with E-state index in [0.29, 0.717) is 5.56 Å². The molecule has 0 bridgehead atoms. The molecule has 132 valence electrons. The van der Waals surface area contributed by atoms with E-state index in [4.69, 9.17) is 4.74 Å². The van der Waals surface area contributed by atoms with Crippen LogP contribution in [0.25, 0.3) is 11.1 Å². The molecule has 0 fully saturated rings. The van der Waals surface area contributed by atoms with Crippen molar-refractivity contribution in [1.82, 2.24) is 4.57 Å². The van der Waals surface area contributed by atoms with Crippen molar-refractivity contribution in [2.75, 3.05) is 7.11 Å². The Labute approximate surface area is 149 Å². The van der Waals surface area contributed by atoms with Crippen LogP contribution in [0.3, 0.4) is 0 Å². The van der Waals surface area contributed by atoms with Crippen molar-refractivity contribution in [2.24, 2.45) is 0 Å². The van der Waals surface area contributed by atoms with E-state index in [1.165, 1.54) is 18.1 Å². The van der Waals surface area contributed by atoms with Crippen LogP contribution in [0.5, 0.6) is 0 Å². The van der Waals surface area contributed by atoms with Gasteiger partial charge in [0.05, 0.1) is 17.6 Å². The third kappa shape index (κ3) is 3.11. The number of carbonyl (C=O) groups is 1. The molecule has 6 nitrogen and oxygen atoms in total. The Morgan fingerprint density at radius 1 is 1.36 bits per heavy atom. The van der Waals surface area contributed by atoms with Crippen LogP contribution in [0, 0.1) is 24.0 Å². The molecule has 25 heavy (non-hydrogen) atoms. The van der Waals surface area contributed by atoms with Crippen molar-refractivity contribution >= 4 is 23.4 Å². The largest absolute Gasteiger partial charge is 0.465 e. The number of aryl methyl sites for hydroxylation is 2. The van der Waals surface area contributed by atoms with Crippen molar-refractivity contribution in [1.29, 1.82) is 0 Å². The van der Waals surface area contributed by atoms with E-state index >= 15 is 0 Å². The van der Waals surface area contributed by atoms with Crippen LogP contribution in [0.1, 0.15) is 50.6 Å². The number of aromatic nitrogens is 1. The topological polar surface area (TPSA) is 74.4 Å². The number of carbonyl (C=O) groups excluding carboxylic acids is 1. The summed E-state index contributed by atoms with van der Waals surface area (Å²) in [5.41, 5.74) is 4.33. The smallest absolute Gasteiger partial charge is 0.341 e. The standard InChI is InChI=1S/C18H20N2O4S/c1-11-10-13(8-9-19(22)23)12(2)20(11)17-16(18(21)24-3)14-6-4-5-7-15(14)25-17/h8-10H,4-7H2,1-3H3/b9-8+. The van der Waals surface area contributed by atoms with Gasteiger partial charge in [-0.05, 0) is 51.2 Å². The molecule has 0 saturated heterocycles. The summed E-state index contributed by atoms with van der Waals surface area (Å²) in [6.07, 6.45) is 6.51. The first kappa shape index (κ1) is 17.4. The molecule has 7 heteroatoms. The van der Waals surface area contributed by atoms with Gasteiger partial charge in [0.15, 0.2) is 0 Å². The highest BCUT2D eigenvalue weighted by Crippen LogP contribution is 2.39. The molecular weight excluding hydrogens is 340 g/mol. The summed E-state index contributed by atoms with van der Waals surface area (Å²) < 4.78 is 7.05. The first-order valence-electron chi connectivity index (χ1n) is 8.18. The number of ether oxygens (including phenoxy) is 1. The normalized spacial score (nSPS) is 13.9. The average molecular weight is 360 g/mol. The molecule has 2 heterocycles. The molecule has 0 atom stereocenters. The Morgan fingerprint density at radius 2 is 2.08 bits per heavy atom. The van der Waals surface area contributed by atoms with Gasteiger partial charge < -0.3 is 9.30 Å². The zero-order valence-corrected chi connectivity index (χ0v) is 15.3. The fourth-order valence-corrected chi connectivity index (χ4v) is 4.92. The second-order valence-corrected chi connectivity index (χ2v) is 7.23. The third-order valence-corrected chi connectivity index (χ3v) is 5.87. The molecular formula is C18H20N2O4S. The van der Waals surface area contributed by atoms with Gasteiger partial charge in [0, 0.05) is 27.9 Å². The summed E-state index contributed by atoms with van der Waals surface area (Å²) >= 11 is 1.63. The fraction of sp³-hybridized carbons (Fsp3) is 0.389. The van der Waals surface area contributed by atoms with Gasteiger partial charge in [-0.25, -0.2) is 4.79 Å². The summed E-state index contributed by atoms with van der Waals surface area (Å²) in [5.74, 6) is -0.315. The molecule has 0 spiro atoms. The van der Waals surface area contributed by atoms with Crippen LogP contribution in [-0.2, 0) is 17.6 Å². The van der Waals surface area contributed by atoms with Gasteiger partial charge in [0.2, 0.25) is 6.20 Å². The molecule has 0 N–H and O–H groups in total. The maximum Gasteiger partial charge on any atom is 0.341 e. The Bertz CT molecular complexity index is 876. The Balaban J connectivity index is 2.18. The van der Waals surface area contributed by atoms with Gasteiger partial charge in [-0.15, -0.1) is 11.3 Å². The predicted octanol–water partition coefficient (Wildman–Crippen LogP) is 4.07. The molecule has 0 unspecified atom stereocenters. The van der Waals surface area contributed by atoms with Crippen molar-refractivity contribution in [2.45, 2.75) is 39.5 Å². The van der Waals surface area contributed by atoms with Gasteiger partial charge in [-0.2, -0.15) is 0 Å². The number of thiophene rings is 1. The molecule has 2 aromatic heterocycles. The van der Waals surface area contributed by atoms with Crippen LogP contribution in [0.4, 0.5) is 0 Å². The van der Waals surface area contributed by atoms with Crippen molar-refractivity contribution in [3.63, 3.8) is 0 Å². The monoisotopic (exact) mass is 360 g/mol. The summed E-state index contributed by atoms with van der Waals surface area (Å²) in [7, 11) is 1.40. The van der Waals surface area contributed by atoms with Crippen molar-refractivity contribution in [3.05, 3.63) is 55.3 Å². The maximum absolute atomic E-state index is 12.5. The third-order valence-electron chi connectivity index (χ3n) is 4.59. The van der Waals surface area contributed by atoms with Crippen LogP contribution < -0.4 is 0 Å². The Morgan fingerprint density at radius 3 is 2.76 bits per heavy atom. The van der Waals surface area contributed by atoms with Crippen LogP contribution >= 0.6 is 11.3 Å². The number of esters is 1. The molecule has 3 rings (SSSR count). The van der Waals surface area contributed by atoms with Gasteiger partial charge >= 0.3 is 5.97 Å². The van der Waals surface area contributed by atoms with Crippen LogP contribution in [-0.4, -0.2) is 22.6 Å². The summed E-state index contributed by atoms with van der Waals surface area (Å²) in [6, 6.07) is 1.90. The molecule has 0 saturated carbocycles. The van der Waals surface area contributed by atoms with Gasteiger partial charge in [-0.3, -0.25) is 10.1 Å². The van der Waals surface area contributed by atoms with Gasteiger partial charge in [-0.1, -0.05) is 0 Å². The minimum atomic E-state index is -0.476. The summed E-state index contributed by atoms with van der Waals surface area (Å²) in [6.45, 7) is 3.85. The lowest BCUT2D eigenvalue weighted by molar-refractivity contribution is -0.400. The van der Waals surface area contributed by atoms with Crippen LogP contribution in [0.15, 0.2) is 12.3 Å². The van der Waals surface area contributed by atoms with Gasteiger partial charge in [0.1, 0.15) is 5.00 Å². The molecule has 0 aliphatic heterocycles. The number of methoxy groups -OCH3 is 1. The second kappa shape index (κ2) is 6.84.